The van der Waals surface area contributed by atoms with E-state index >= 15 is 0 Å². The number of halogens is 4. The first-order valence-electron chi connectivity index (χ1n) is 13.5. The van der Waals surface area contributed by atoms with Gasteiger partial charge in [-0.15, -0.1) is 13.2 Å². The number of carbonyl (C=O) groups excluding carboxylic acids is 1. The number of alkyl halides is 3. The molecule has 2 saturated heterocycles. The number of piperidine rings is 1. The minimum absolute atomic E-state index is 0.0595. The van der Waals surface area contributed by atoms with E-state index in [-0.39, 0.29) is 17.7 Å². The molecule has 5 rings (SSSR count). The van der Waals surface area contributed by atoms with Gasteiger partial charge in [0.15, 0.2) is 0 Å². The molecule has 0 bridgehead atoms. The van der Waals surface area contributed by atoms with E-state index in [0.717, 1.165) is 41.0 Å². The SMILES string of the molecule is NC1CCN(C(=O)C2CN(Cc3ccc(-c4ccc(Cl)cc4)cc3)CCN2Sc2ccc(OC(F)(F)F)cc2)CC1. The van der Waals surface area contributed by atoms with Gasteiger partial charge in [0.2, 0.25) is 5.91 Å². The van der Waals surface area contributed by atoms with Crippen molar-refractivity contribution in [2.45, 2.75) is 42.7 Å². The van der Waals surface area contributed by atoms with Gasteiger partial charge in [0, 0.05) is 55.2 Å². The van der Waals surface area contributed by atoms with Crippen LogP contribution in [0, 0.1) is 0 Å². The molecule has 0 spiro atoms. The Hall–Kier alpha value is -2.76. The number of nitrogens with two attached hydrogens (primary N) is 1. The summed E-state index contributed by atoms with van der Waals surface area (Å²) in [6.07, 6.45) is -3.19. The number of carbonyl (C=O) groups is 1. The average molecular weight is 605 g/mol. The normalized spacial score (nSPS) is 19.3. The highest BCUT2D eigenvalue weighted by atomic mass is 35.5. The fraction of sp³-hybridized carbons (Fsp3) is 0.367. The third kappa shape index (κ3) is 8.17. The second-order valence-electron chi connectivity index (χ2n) is 10.4. The van der Waals surface area contributed by atoms with Crippen molar-refractivity contribution in [2.75, 3.05) is 32.7 Å². The van der Waals surface area contributed by atoms with E-state index in [1.54, 1.807) is 12.1 Å². The molecule has 0 saturated carbocycles. The Labute approximate surface area is 247 Å². The molecule has 218 valence electrons. The average Bonchev–Trinajstić information content (AvgIpc) is 2.95. The summed E-state index contributed by atoms with van der Waals surface area (Å²) in [5.41, 5.74) is 9.42. The van der Waals surface area contributed by atoms with Gasteiger partial charge in [0.1, 0.15) is 11.8 Å². The van der Waals surface area contributed by atoms with E-state index in [2.05, 4.69) is 38.2 Å². The van der Waals surface area contributed by atoms with Crippen LogP contribution in [0.15, 0.2) is 77.7 Å². The maximum Gasteiger partial charge on any atom is 0.573 e. The Balaban J connectivity index is 1.27. The quantitative estimate of drug-likeness (QED) is 0.332. The maximum absolute atomic E-state index is 13.7. The van der Waals surface area contributed by atoms with Crippen molar-refractivity contribution in [2.24, 2.45) is 5.73 Å². The Morgan fingerprint density at radius 3 is 2.12 bits per heavy atom. The molecule has 1 amide bonds. The molecule has 0 aromatic heterocycles. The summed E-state index contributed by atoms with van der Waals surface area (Å²) in [5, 5.41) is 0.701. The topological polar surface area (TPSA) is 62.0 Å². The number of rotatable bonds is 7. The Morgan fingerprint density at radius 2 is 1.51 bits per heavy atom. The number of hydrogen-bond acceptors (Lipinski definition) is 6. The van der Waals surface area contributed by atoms with Gasteiger partial charge in [0.05, 0.1) is 0 Å². The monoisotopic (exact) mass is 604 g/mol. The third-order valence-electron chi connectivity index (χ3n) is 7.37. The zero-order valence-electron chi connectivity index (χ0n) is 22.4. The predicted molar refractivity (Wildman–Crippen MR) is 155 cm³/mol. The Kier molecular flexibility index (Phi) is 9.45. The second-order valence-corrected chi connectivity index (χ2v) is 11.9. The first-order chi connectivity index (χ1) is 19.6. The molecule has 3 aromatic carbocycles. The summed E-state index contributed by atoms with van der Waals surface area (Å²) in [6, 6.07) is 21.6. The first kappa shape index (κ1) is 29.7. The van der Waals surface area contributed by atoms with Gasteiger partial charge in [-0.05, 0) is 77.9 Å². The van der Waals surface area contributed by atoms with Crippen LogP contribution in [0.25, 0.3) is 11.1 Å². The van der Waals surface area contributed by atoms with Crippen LogP contribution in [0.1, 0.15) is 18.4 Å². The highest BCUT2D eigenvalue weighted by Crippen LogP contribution is 2.32. The van der Waals surface area contributed by atoms with E-state index < -0.39 is 12.4 Å². The van der Waals surface area contributed by atoms with Crippen LogP contribution in [0.5, 0.6) is 5.75 Å². The van der Waals surface area contributed by atoms with Crippen LogP contribution < -0.4 is 10.5 Å². The molecule has 3 aromatic rings. The van der Waals surface area contributed by atoms with Crippen molar-refractivity contribution in [3.63, 3.8) is 0 Å². The van der Waals surface area contributed by atoms with Gasteiger partial charge in [-0.3, -0.25) is 9.69 Å². The molecule has 2 aliphatic rings. The summed E-state index contributed by atoms with van der Waals surface area (Å²) in [6.45, 7) is 3.88. The van der Waals surface area contributed by atoms with Gasteiger partial charge >= 0.3 is 6.36 Å². The number of ether oxygens (including phenoxy) is 1. The minimum atomic E-state index is -4.74. The van der Waals surface area contributed by atoms with Gasteiger partial charge in [-0.1, -0.05) is 48.0 Å². The molecule has 2 fully saturated rings. The van der Waals surface area contributed by atoms with Crippen molar-refractivity contribution in [3.05, 3.63) is 83.4 Å². The second kappa shape index (κ2) is 13.0. The molecule has 1 atom stereocenters. The predicted octanol–water partition coefficient (Wildman–Crippen LogP) is 6.05. The molecule has 2 N–H and O–H groups in total. The summed E-state index contributed by atoms with van der Waals surface area (Å²) >= 11 is 7.41. The van der Waals surface area contributed by atoms with Crippen LogP contribution in [-0.4, -0.2) is 71.2 Å². The standard InChI is InChI=1S/C30H32ClF3N4O2S/c31-24-7-5-23(6-8-24)22-3-1-21(2-4-22)19-36-17-18-38(28(20-36)29(39)37-15-13-25(35)14-16-37)41-27-11-9-26(10-12-27)40-30(32,33)34/h1-12,25,28H,13-20,35H2. The number of benzene rings is 3. The van der Waals surface area contributed by atoms with Crippen molar-refractivity contribution in [1.82, 2.24) is 14.1 Å². The summed E-state index contributed by atoms with van der Waals surface area (Å²) < 4.78 is 43.7. The molecule has 2 heterocycles. The highest BCUT2D eigenvalue weighted by molar-refractivity contribution is 7.97. The van der Waals surface area contributed by atoms with E-state index in [1.807, 2.05) is 29.2 Å². The maximum atomic E-state index is 13.7. The van der Waals surface area contributed by atoms with Gasteiger partial charge in [-0.2, -0.15) is 0 Å². The zero-order valence-corrected chi connectivity index (χ0v) is 24.0. The molecule has 11 heteroatoms. The number of piperazine rings is 1. The number of nitrogens with zero attached hydrogens (tertiary/aromatic N) is 3. The Bertz CT molecular complexity index is 1300. The van der Waals surface area contributed by atoms with Crippen LogP contribution in [0.4, 0.5) is 13.2 Å². The lowest BCUT2D eigenvalue weighted by molar-refractivity contribution is -0.274. The minimum Gasteiger partial charge on any atom is -0.406 e. The summed E-state index contributed by atoms with van der Waals surface area (Å²) in [7, 11) is 0. The number of likely N-dealkylation sites (tertiary alicyclic amines) is 1. The van der Waals surface area contributed by atoms with E-state index in [4.69, 9.17) is 17.3 Å². The van der Waals surface area contributed by atoms with Crippen molar-refractivity contribution in [3.8, 4) is 16.9 Å². The van der Waals surface area contributed by atoms with E-state index in [9.17, 15) is 18.0 Å². The third-order valence-corrected chi connectivity index (χ3v) is 8.78. The van der Waals surface area contributed by atoms with Crippen LogP contribution in [-0.2, 0) is 11.3 Å². The van der Waals surface area contributed by atoms with Gasteiger partial charge < -0.3 is 15.4 Å². The Morgan fingerprint density at radius 1 is 0.902 bits per heavy atom. The van der Waals surface area contributed by atoms with Crippen LogP contribution in [0.3, 0.4) is 0 Å². The molecule has 41 heavy (non-hydrogen) atoms. The molecule has 2 aliphatic heterocycles. The fourth-order valence-electron chi connectivity index (χ4n) is 5.15. The molecule has 0 aliphatic carbocycles. The largest absolute Gasteiger partial charge is 0.573 e. The lowest BCUT2D eigenvalue weighted by Gasteiger charge is -2.42. The van der Waals surface area contributed by atoms with Crippen molar-refractivity contribution in [1.29, 1.82) is 0 Å². The van der Waals surface area contributed by atoms with Crippen molar-refractivity contribution < 1.29 is 22.7 Å². The smallest absolute Gasteiger partial charge is 0.406 e. The summed E-state index contributed by atoms with van der Waals surface area (Å²) in [4.78, 5) is 18.7. The lowest BCUT2D eigenvalue weighted by Crippen LogP contribution is -2.58. The zero-order chi connectivity index (χ0) is 29.0. The summed E-state index contributed by atoms with van der Waals surface area (Å²) in [5.74, 6) is -0.213. The number of hydrogen-bond donors (Lipinski definition) is 1. The molecular formula is C30H32ClF3N4O2S. The van der Waals surface area contributed by atoms with Gasteiger partial charge in [-0.25, -0.2) is 4.31 Å². The molecule has 0 radical (unpaired) electrons. The number of amides is 1. The lowest BCUT2D eigenvalue weighted by atomic mass is 10.0. The molecule has 6 nitrogen and oxygen atoms in total. The molecule has 1 unspecified atom stereocenters. The van der Waals surface area contributed by atoms with Crippen LogP contribution in [0.2, 0.25) is 5.02 Å². The molecular weight excluding hydrogens is 573 g/mol. The first-order valence-corrected chi connectivity index (χ1v) is 14.7. The van der Waals surface area contributed by atoms with Gasteiger partial charge in [0.25, 0.3) is 0 Å². The highest BCUT2D eigenvalue weighted by Gasteiger charge is 2.37. The van der Waals surface area contributed by atoms with E-state index in [1.165, 1.54) is 24.1 Å². The van der Waals surface area contributed by atoms with Crippen molar-refractivity contribution >= 4 is 29.5 Å². The van der Waals surface area contributed by atoms with E-state index in [0.29, 0.717) is 37.7 Å². The van der Waals surface area contributed by atoms with Crippen LogP contribution >= 0.6 is 23.5 Å². The fourth-order valence-corrected chi connectivity index (χ4v) is 6.26.